The first kappa shape index (κ1) is 20.1. The molecule has 150 valence electrons. The highest BCUT2D eigenvalue weighted by Crippen LogP contribution is 2.28. The van der Waals surface area contributed by atoms with Crippen molar-refractivity contribution >= 4 is 27.4 Å². The third kappa shape index (κ3) is 4.81. The van der Waals surface area contributed by atoms with Gasteiger partial charge < -0.3 is 10.0 Å². The fraction of sp³-hybridized carbons (Fsp3) is 0.350. The molecular weight excluding hydrogens is 383 g/mol. The molecule has 1 heterocycles. The molecule has 0 saturated carbocycles. The second-order valence-corrected chi connectivity index (χ2v) is 8.54. The fourth-order valence-electron chi connectivity index (χ4n) is 3.38. The molecule has 2 aromatic rings. The van der Waals surface area contributed by atoms with Gasteiger partial charge in [-0.1, -0.05) is 25.3 Å². The lowest BCUT2D eigenvalue weighted by Gasteiger charge is -2.28. The zero-order chi connectivity index (χ0) is 20.1. The molecule has 0 amide bonds. The molecule has 0 spiro atoms. The highest BCUT2D eigenvalue weighted by molar-refractivity contribution is 7.92. The summed E-state index contributed by atoms with van der Waals surface area (Å²) in [6, 6.07) is 9.13. The molecule has 8 heteroatoms. The standard InChI is InChI=1S/C20H23FN2O4S/c21-15-7-6-8-17(13-15)28(26,27)22-16-9-10-19(18(14-16)20(24)25)23-11-4-2-1-3-5-12-23/h6-10,13-14,22H,1-5,11-12H2,(H,24,25). The Hall–Kier alpha value is -2.61. The lowest BCUT2D eigenvalue weighted by atomic mass is 10.1. The van der Waals surface area contributed by atoms with E-state index in [0.717, 1.165) is 50.9 Å². The lowest BCUT2D eigenvalue weighted by molar-refractivity contribution is 0.0697. The zero-order valence-corrected chi connectivity index (χ0v) is 16.2. The second-order valence-electron chi connectivity index (χ2n) is 6.85. The summed E-state index contributed by atoms with van der Waals surface area (Å²) in [6.45, 7) is 1.54. The molecule has 3 rings (SSSR count). The maximum Gasteiger partial charge on any atom is 0.337 e. The average Bonchev–Trinajstić information content (AvgIpc) is 2.61. The number of hydrogen-bond acceptors (Lipinski definition) is 4. The Balaban J connectivity index is 1.89. The van der Waals surface area contributed by atoms with Gasteiger partial charge in [0, 0.05) is 18.8 Å². The molecule has 1 saturated heterocycles. The molecule has 2 N–H and O–H groups in total. The first-order valence-electron chi connectivity index (χ1n) is 9.27. The van der Waals surface area contributed by atoms with Gasteiger partial charge in [0.2, 0.25) is 0 Å². The van der Waals surface area contributed by atoms with Gasteiger partial charge in [-0.3, -0.25) is 4.72 Å². The fourth-order valence-corrected chi connectivity index (χ4v) is 4.46. The molecule has 0 aliphatic carbocycles. The predicted molar refractivity (Wildman–Crippen MR) is 106 cm³/mol. The Morgan fingerprint density at radius 2 is 1.68 bits per heavy atom. The molecule has 0 bridgehead atoms. The largest absolute Gasteiger partial charge is 0.478 e. The second kappa shape index (κ2) is 8.60. The van der Waals surface area contributed by atoms with E-state index >= 15 is 0 Å². The molecule has 1 aliphatic rings. The van der Waals surface area contributed by atoms with Gasteiger partial charge in [0.25, 0.3) is 10.0 Å². The maximum atomic E-state index is 13.4. The van der Waals surface area contributed by atoms with Crippen LogP contribution in [-0.4, -0.2) is 32.6 Å². The number of aromatic carboxylic acids is 1. The van der Waals surface area contributed by atoms with Crippen LogP contribution in [0.5, 0.6) is 0 Å². The van der Waals surface area contributed by atoms with Gasteiger partial charge in [0.1, 0.15) is 5.82 Å². The van der Waals surface area contributed by atoms with E-state index in [9.17, 15) is 22.7 Å². The molecule has 0 radical (unpaired) electrons. The number of carboxylic acid groups (broad SMARTS) is 1. The van der Waals surface area contributed by atoms with Crippen LogP contribution in [0.4, 0.5) is 15.8 Å². The van der Waals surface area contributed by atoms with E-state index in [1.165, 1.54) is 30.7 Å². The number of nitrogens with zero attached hydrogens (tertiary/aromatic N) is 1. The first-order chi connectivity index (χ1) is 13.4. The smallest absolute Gasteiger partial charge is 0.337 e. The summed E-state index contributed by atoms with van der Waals surface area (Å²) in [5.74, 6) is -1.79. The number of carbonyl (C=O) groups is 1. The lowest BCUT2D eigenvalue weighted by Crippen LogP contribution is -2.28. The van der Waals surface area contributed by atoms with Crippen LogP contribution in [0, 0.1) is 5.82 Å². The Morgan fingerprint density at radius 1 is 1.00 bits per heavy atom. The summed E-state index contributed by atoms with van der Waals surface area (Å²) in [5.41, 5.74) is 0.751. The summed E-state index contributed by atoms with van der Waals surface area (Å²) in [6.07, 6.45) is 5.41. The molecular formula is C20H23FN2O4S. The van der Waals surface area contributed by atoms with Crippen LogP contribution in [0.2, 0.25) is 0 Å². The van der Waals surface area contributed by atoms with Crippen molar-refractivity contribution in [2.24, 2.45) is 0 Å². The molecule has 6 nitrogen and oxygen atoms in total. The minimum absolute atomic E-state index is 0.0417. The van der Waals surface area contributed by atoms with E-state index in [0.29, 0.717) is 5.69 Å². The number of anilines is 2. The minimum atomic E-state index is -4.02. The van der Waals surface area contributed by atoms with Crippen molar-refractivity contribution < 1.29 is 22.7 Å². The molecule has 0 aromatic heterocycles. The number of sulfonamides is 1. The molecule has 0 unspecified atom stereocenters. The van der Waals surface area contributed by atoms with Crippen molar-refractivity contribution in [3.05, 3.63) is 53.8 Å². The van der Waals surface area contributed by atoms with Gasteiger partial charge in [-0.15, -0.1) is 0 Å². The van der Waals surface area contributed by atoms with E-state index in [1.54, 1.807) is 6.07 Å². The van der Waals surface area contributed by atoms with Gasteiger partial charge in [-0.25, -0.2) is 17.6 Å². The van der Waals surface area contributed by atoms with Crippen LogP contribution < -0.4 is 9.62 Å². The third-order valence-corrected chi connectivity index (χ3v) is 6.16. The highest BCUT2D eigenvalue weighted by Gasteiger charge is 2.20. The van der Waals surface area contributed by atoms with Crippen molar-refractivity contribution in [2.75, 3.05) is 22.7 Å². The summed E-state index contributed by atoms with van der Waals surface area (Å²) in [4.78, 5) is 13.6. The first-order valence-corrected chi connectivity index (χ1v) is 10.8. The highest BCUT2D eigenvalue weighted by atomic mass is 32.2. The van der Waals surface area contributed by atoms with E-state index in [1.807, 2.05) is 4.90 Å². The number of halogens is 1. The van der Waals surface area contributed by atoms with Crippen LogP contribution in [0.15, 0.2) is 47.4 Å². The van der Waals surface area contributed by atoms with Crippen LogP contribution >= 0.6 is 0 Å². The Labute approximate surface area is 164 Å². The Kier molecular flexibility index (Phi) is 6.18. The van der Waals surface area contributed by atoms with Gasteiger partial charge >= 0.3 is 5.97 Å². The number of benzene rings is 2. The molecule has 28 heavy (non-hydrogen) atoms. The Bertz CT molecular complexity index is 954. The number of hydrogen-bond donors (Lipinski definition) is 2. The zero-order valence-electron chi connectivity index (χ0n) is 15.4. The number of nitrogens with one attached hydrogen (secondary N) is 1. The summed E-state index contributed by atoms with van der Waals surface area (Å²) >= 11 is 0. The SMILES string of the molecule is O=C(O)c1cc(NS(=O)(=O)c2cccc(F)c2)ccc1N1CCCCCCC1. The van der Waals surface area contributed by atoms with Crippen LogP contribution in [0.3, 0.4) is 0 Å². The quantitative estimate of drug-likeness (QED) is 0.781. The topological polar surface area (TPSA) is 86.7 Å². The van der Waals surface area contributed by atoms with E-state index in [-0.39, 0.29) is 16.1 Å². The monoisotopic (exact) mass is 406 g/mol. The van der Waals surface area contributed by atoms with Crippen LogP contribution in [0.1, 0.15) is 42.5 Å². The average molecular weight is 406 g/mol. The summed E-state index contributed by atoms with van der Waals surface area (Å²) < 4.78 is 40.6. The van der Waals surface area contributed by atoms with Crippen molar-refractivity contribution in [3.63, 3.8) is 0 Å². The summed E-state index contributed by atoms with van der Waals surface area (Å²) in [5, 5.41) is 9.64. The number of rotatable bonds is 5. The van der Waals surface area contributed by atoms with Gasteiger partial charge in [0.15, 0.2) is 0 Å². The molecule has 1 fully saturated rings. The van der Waals surface area contributed by atoms with Gasteiger partial charge in [-0.05, 0) is 49.2 Å². The summed E-state index contributed by atoms with van der Waals surface area (Å²) in [7, 11) is -4.02. The van der Waals surface area contributed by atoms with E-state index < -0.39 is 21.8 Å². The maximum absolute atomic E-state index is 13.4. The van der Waals surface area contributed by atoms with Crippen LogP contribution in [-0.2, 0) is 10.0 Å². The van der Waals surface area contributed by atoms with E-state index in [4.69, 9.17) is 0 Å². The van der Waals surface area contributed by atoms with Crippen molar-refractivity contribution in [1.29, 1.82) is 0 Å². The van der Waals surface area contributed by atoms with Crippen LogP contribution in [0.25, 0.3) is 0 Å². The molecule has 2 aromatic carbocycles. The van der Waals surface area contributed by atoms with Gasteiger partial charge in [0.05, 0.1) is 16.1 Å². The molecule has 1 aliphatic heterocycles. The van der Waals surface area contributed by atoms with Gasteiger partial charge in [-0.2, -0.15) is 0 Å². The minimum Gasteiger partial charge on any atom is -0.478 e. The van der Waals surface area contributed by atoms with Crippen molar-refractivity contribution in [2.45, 2.75) is 37.0 Å². The van der Waals surface area contributed by atoms with E-state index in [2.05, 4.69) is 4.72 Å². The third-order valence-electron chi connectivity index (χ3n) is 4.78. The van der Waals surface area contributed by atoms with Crippen molar-refractivity contribution in [3.8, 4) is 0 Å². The van der Waals surface area contributed by atoms with Crippen molar-refractivity contribution in [1.82, 2.24) is 0 Å². The normalized spacial score (nSPS) is 15.5. The Morgan fingerprint density at radius 3 is 2.32 bits per heavy atom. The molecule has 0 atom stereocenters. The predicted octanol–water partition coefficient (Wildman–Crippen LogP) is 4.10. The number of carboxylic acids is 1.